The van der Waals surface area contributed by atoms with Crippen molar-refractivity contribution in [3.63, 3.8) is 0 Å². The number of nitrogens with one attached hydrogen (secondary N) is 1. The third kappa shape index (κ3) is 5.33. The molecule has 1 aromatic rings. The second-order valence-electron chi connectivity index (χ2n) is 5.24. The van der Waals surface area contributed by atoms with Gasteiger partial charge in [0.05, 0.1) is 6.54 Å². The van der Waals surface area contributed by atoms with Gasteiger partial charge in [-0.3, -0.25) is 9.69 Å². The van der Waals surface area contributed by atoms with E-state index >= 15 is 0 Å². The van der Waals surface area contributed by atoms with Crippen LogP contribution in [0.5, 0.6) is 0 Å². The van der Waals surface area contributed by atoms with Crippen LogP contribution >= 0.6 is 0 Å². The van der Waals surface area contributed by atoms with Crippen LogP contribution in [0.15, 0.2) is 10.6 Å². The lowest BCUT2D eigenvalue weighted by Crippen LogP contribution is -2.32. The molecule has 5 heteroatoms. The van der Waals surface area contributed by atoms with E-state index in [1.165, 1.54) is 0 Å². The number of aromatic nitrogens is 1. The van der Waals surface area contributed by atoms with Gasteiger partial charge in [-0.25, -0.2) is 0 Å². The fourth-order valence-electron chi connectivity index (χ4n) is 2.02. The fourth-order valence-corrected chi connectivity index (χ4v) is 2.02. The molecule has 1 atom stereocenters. The Bertz CT molecular complexity index is 398. The fraction of sp³-hybridized carbons (Fsp3) is 0.733. The smallest absolute Gasteiger partial charge is 0.273 e. The van der Waals surface area contributed by atoms with Crippen LogP contribution < -0.4 is 5.32 Å². The summed E-state index contributed by atoms with van der Waals surface area (Å²) in [6.07, 6.45) is 3.11. The molecule has 0 aliphatic rings. The Labute approximate surface area is 121 Å². The average molecular weight is 281 g/mol. The highest BCUT2D eigenvalue weighted by Crippen LogP contribution is 2.09. The van der Waals surface area contributed by atoms with E-state index in [-0.39, 0.29) is 11.9 Å². The van der Waals surface area contributed by atoms with Crippen molar-refractivity contribution in [1.29, 1.82) is 0 Å². The number of hydrogen-bond acceptors (Lipinski definition) is 4. The molecule has 20 heavy (non-hydrogen) atoms. The molecule has 1 aromatic heterocycles. The van der Waals surface area contributed by atoms with Crippen LogP contribution in [-0.4, -0.2) is 35.1 Å². The Morgan fingerprint density at radius 2 is 2.00 bits per heavy atom. The van der Waals surface area contributed by atoms with Gasteiger partial charge in [-0.05, 0) is 39.3 Å². The van der Waals surface area contributed by atoms with E-state index in [2.05, 4.69) is 29.2 Å². The van der Waals surface area contributed by atoms with Crippen LogP contribution in [0.2, 0.25) is 0 Å². The summed E-state index contributed by atoms with van der Waals surface area (Å²) < 4.78 is 5.27. The maximum atomic E-state index is 11.9. The van der Waals surface area contributed by atoms with E-state index in [1.807, 2.05) is 13.8 Å². The van der Waals surface area contributed by atoms with Gasteiger partial charge in [0, 0.05) is 12.1 Å². The minimum Gasteiger partial charge on any atom is -0.359 e. The van der Waals surface area contributed by atoms with Crippen LogP contribution in [0, 0.1) is 0 Å². The summed E-state index contributed by atoms with van der Waals surface area (Å²) in [7, 11) is 0. The number of carbonyl (C=O) groups is 1. The zero-order chi connectivity index (χ0) is 15.0. The van der Waals surface area contributed by atoms with E-state index < -0.39 is 0 Å². The lowest BCUT2D eigenvalue weighted by molar-refractivity contribution is 0.0930. The molecule has 0 aliphatic heterocycles. The monoisotopic (exact) mass is 281 g/mol. The van der Waals surface area contributed by atoms with E-state index in [0.29, 0.717) is 12.2 Å². The van der Waals surface area contributed by atoms with E-state index in [4.69, 9.17) is 4.52 Å². The van der Waals surface area contributed by atoms with Gasteiger partial charge in [-0.2, -0.15) is 0 Å². The third-order valence-electron chi connectivity index (χ3n) is 3.24. The third-order valence-corrected chi connectivity index (χ3v) is 3.24. The van der Waals surface area contributed by atoms with Gasteiger partial charge in [0.25, 0.3) is 5.91 Å². The molecule has 0 saturated heterocycles. The lowest BCUT2D eigenvalue weighted by Gasteiger charge is -2.18. The van der Waals surface area contributed by atoms with Gasteiger partial charge in [0.1, 0.15) is 0 Å². The van der Waals surface area contributed by atoms with E-state index in [1.54, 1.807) is 6.07 Å². The first-order valence-electron chi connectivity index (χ1n) is 7.59. The Hall–Kier alpha value is -1.36. The van der Waals surface area contributed by atoms with Crippen molar-refractivity contribution in [2.45, 2.75) is 59.5 Å². The van der Waals surface area contributed by atoms with Crippen LogP contribution in [0.3, 0.4) is 0 Å². The molecule has 0 aromatic carbocycles. The Morgan fingerprint density at radius 3 is 2.55 bits per heavy atom. The number of rotatable bonds is 9. The predicted molar refractivity (Wildman–Crippen MR) is 79.6 cm³/mol. The summed E-state index contributed by atoms with van der Waals surface area (Å²) >= 11 is 0. The summed E-state index contributed by atoms with van der Waals surface area (Å²) in [5, 5.41) is 6.75. The molecular weight excluding hydrogens is 254 g/mol. The molecule has 1 amide bonds. The van der Waals surface area contributed by atoms with Crippen LogP contribution in [0.4, 0.5) is 0 Å². The molecule has 0 aliphatic carbocycles. The standard InChI is InChI=1S/C15H27N3O2/c1-5-8-18(9-6-2)11-13-10-14(17-20-13)15(19)16-12(4)7-3/h10,12H,5-9,11H2,1-4H3,(H,16,19). The van der Waals surface area contributed by atoms with Crippen LogP contribution in [-0.2, 0) is 6.54 Å². The van der Waals surface area contributed by atoms with Crippen molar-refractivity contribution < 1.29 is 9.32 Å². The number of nitrogens with zero attached hydrogens (tertiary/aromatic N) is 2. The van der Waals surface area contributed by atoms with Gasteiger partial charge in [-0.1, -0.05) is 25.9 Å². The first-order chi connectivity index (χ1) is 9.60. The maximum absolute atomic E-state index is 11.9. The molecule has 0 fully saturated rings. The number of amides is 1. The molecule has 114 valence electrons. The number of hydrogen-bond donors (Lipinski definition) is 1. The summed E-state index contributed by atoms with van der Waals surface area (Å²) in [6.45, 7) is 11.1. The zero-order valence-electron chi connectivity index (χ0n) is 13.1. The minimum atomic E-state index is -0.160. The summed E-state index contributed by atoms with van der Waals surface area (Å²) in [5.74, 6) is 0.591. The highest BCUT2D eigenvalue weighted by molar-refractivity contribution is 5.92. The largest absolute Gasteiger partial charge is 0.359 e. The molecule has 1 unspecified atom stereocenters. The van der Waals surface area contributed by atoms with Crippen LogP contribution in [0.25, 0.3) is 0 Å². The summed E-state index contributed by atoms with van der Waals surface area (Å²) in [6, 6.07) is 1.90. The average Bonchev–Trinajstić information content (AvgIpc) is 2.87. The molecule has 1 heterocycles. The summed E-state index contributed by atoms with van der Waals surface area (Å²) in [4.78, 5) is 14.2. The van der Waals surface area contributed by atoms with Crippen molar-refractivity contribution >= 4 is 5.91 Å². The Balaban J connectivity index is 2.59. The number of carbonyl (C=O) groups excluding carboxylic acids is 1. The molecule has 1 N–H and O–H groups in total. The molecule has 1 rings (SSSR count). The molecule has 0 saturated carbocycles. The first kappa shape index (κ1) is 16.7. The van der Waals surface area contributed by atoms with Crippen molar-refractivity contribution in [3.05, 3.63) is 17.5 Å². The minimum absolute atomic E-state index is 0.152. The lowest BCUT2D eigenvalue weighted by atomic mass is 10.2. The zero-order valence-corrected chi connectivity index (χ0v) is 13.1. The van der Waals surface area contributed by atoms with Crippen molar-refractivity contribution in [2.24, 2.45) is 0 Å². The van der Waals surface area contributed by atoms with Gasteiger partial charge in [-0.15, -0.1) is 0 Å². The van der Waals surface area contributed by atoms with Gasteiger partial charge < -0.3 is 9.84 Å². The van der Waals surface area contributed by atoms with Crippen molar-refractivity contribution in [3.8, 4) is 0 Å². The van der Waals surface area contributed by atoms with Crippen molar-refractivity contribution in [2.75, 3.05) is 13.1 Å². The molecule has 5 nitrogen and oxygen atoms in total. The topological polar surface area (TPSA) is 58.4 Å². The van der Waals surface area contributed by atoms with E-state index in [0.717, 1.165) is 38.1 Å². The predicted octanol–water partition coefficient (Wildman–Crippen LogP) is 2.82. The normalized spacial score (nSPS) is 12.7. The summed E-state index contributed by atoms with van der Waals surface area (Å²) in [5.41, 5.74) is 0.369. The van der Waals surface area contributed by atoms with Crippen molar-refractivity contribution in [1.82, 2.24) is 15.4 Å². The Morgan fingerprint density at radius 1 is 1.35 bits per heavy atom. The van der Waals surface area contributed by atoms with Gasteiger partial charge in [0.15, 0.2) is 11.5 Å². The first-order valence-corrected chi connectivity index (χ1v) is 7.59. The SMILES string of the molecule is CCCN(CCC)Cc1cc(C(=O)NC(C)CC)no1. The molecular formula is C15H27N3O2. The molecule has 0 bridgehead atoms. The maximum Gasteiger partial charge on any atom is 0.273 e. The van der Waals surface area contributed by atoms with Gasteiger partial charge >= 0.3 is 0 Å². The van der Waals surface area contributed by atoms with Crippen LogP contribution in [0.1, 0.15) is 63.2 Å². The molecule has 0 spiro atoms. The second kappa shape index (κ2) is 8.74. The second-order valence-corrected chi connectivity index (χ2v) is 5.24. The van der Waals surface area contributed by atoms with E-state index in [9.17, 15) is 4.79 Å². The quantitative estimate of drug-likeness (QED) is 0.756. The highest BCUT2D eigenvalue weighted by atomic mass is 16.5. The Kier molecular flexibility index (Phi) is 7.30. The van der Waals surface area contributed by atoms with Gasteiger partial charge in [0.2, 0.25) is 0 Å². The highest BCUT2D eigenvalue weighted by Gasteiger charge is 2.15. The molecule has 0 radical (unpaired) electrons.